The molecular formula is C25H31N5O8. The summed E-state index contributed by atoms with van der Waals surface area (Å²) < 4.78 is 14.2. The molecule has 0 fully saturated rings. The third-order valence-corrected chi connectivity index (χ3v) is 6.15. The smallest absolute Gasteiger partial charge is 0.341 e. The highest BCUT2D eigenvalue weighted by molar-refractivity contribution is 5.83. The van der Waals surface area contributed by atoms with E-state index < -0.39 is 18.2 Å². The summed E-state index contributed by atoms with van der Waals surface area (Å²) in [5, 5.41) is 18.7. The SMILES string of the molecule is CCN(CC)CCn1cnc2c1c(=O)n(C)c(=O)n2C.Cc1cc(=O)oc2cc(O)c(OCC(=O)O)cc12. The normalized spacial score (nSPS) is 11.1. The summed E-state index contributed by atoms with van der Waals surface area (Å²) >= 11 is 0. The first kappa shape index (κ1) is 28.2. The summed E-state index contributed by atoms with van der Waals surface area (Å²) in [6.45, 7) is 8.85. The number of benzene rings is 1. The van der Waals surface area contributed by atoms with Gasteiger partial charge in [-0.25, -0.2) is 19.4 Å². The number of aromatic nitrogens is 4. The van der Waals surface area contributed by atoms with Gasteiger partial charge in [-0.1, -0.05) is 13.8 Å². The molecule has 38 heavy (non-hydrogen) atoms. The van der Waals surface area contributed by atoms with Crippen molar-refractivity contribution < 1.29 is 24.2 Å². The van der Waals surface area contributed by atoms with E-state index in [-0.39, 0.29) is 28.3 Å². The fraction of sp³-hybridized carbons (Fsp3) is 0.400. The molecule has 3 heterocycles. The van der Waals surface area contributed by atoms with E-state index in [9.17, 15) is 24.3 Å². The van der Waals surface area contributed by atoms with Gasteiger partial charge in [0, 0.05) is 44.7 Å². The van der Waals surface area contributed by atoms with Crippen LogP contribution in [0, 0.1) is 6.92 Å². The van der Waals surface area contributed by atoms with Crippen LogP contribution in [0.4, 0.5) is 0 Å². The van der Waals surface area contributed by atoms with Gasteiger partial charge in [0.05, 0.1) is 6.33 Å². The van der Waals surface area contributed by atoms with E-state index in [1.54, 1.807) is 20.3 Å². The van der Waals surface area contributed by atoms with Gasteiger partial charge in [-0.05, 0) is 31.6 Å². The number of imidazole rings is 1. The van der Waals surface area contributed by atoms with E-state index in [0.29, 0.717) is 28.7 Å². The number of phenols is 1. The molecule has 3 aromatic heterocycles. The highest BCUT2D eigenvalue weighted by atomic mass is 16.5. The van der Waals surface area contributed by atoms with Crippen LogP contribution in [-0.4, -0.2) is 66.0 Å². The third kappa shape index (κ3) is 5.94. The number of likely N-dealkylation sites (N-methyl/N-ethyl adjacent to an activating group) is 1. The predicted molar refractivity (Wildman–Crippen MR) is 140 cm³/mol. The second-order valence-corrected chi connectivity index (χ2v) is 8.59. The zero-order chi connectivity index (χ0) is 28.1. The third-order valence-electron chi connectivity index (χ3n) is 6.15. The lowest BCUT2D eigenvalue weighted by molar-refractivity contribution is -0.139. The summed E-state index contributed by atoms with van der Waals surface area (Å²) in [6, 6.07) is 3.97. The number of carboxylic acid groups (broad SMARTS) is 1. The second-order valence-electron chi connectivity index (χ2n) is 8.59. The van der Waals surface area contributed by atoms with Gasteiger partial charge in [-0.15, -0.1) is 0 Å². The lowest BCUT2D eigenvalue weighted by Crippen LogP contribution is -2.38. The Morgan fingerprint density at radius 1 is 1.11 bits per heavy atom. The van der Waals surface area contributed by atoms with Crippen LogP contribution in [0.25, 0.3) is 22.1 Å². The van der Waals surface area contributed by atoms with E-state index in [2.05, 4.69) is 23.7 Å². The number of rotatable bonds is 8. The molecule has 4 rings (SSSR count). The van der Waals surface area contributed by atoms with Crippen LogP contribution in [-0.2, 0) is 25.4 Å². The van der Waals surface area contributed by atoms with Gasteiger partial charge in [0.2, 0.25) is 0 Å². The molecule has 0 spiro atoms. The van der Waals surface area contributed by atoms with Gasteiger partial charge in [0.15, 0.2) is 29.3 Å². The fourth-order valence-corrected chi connectivity index (χ4v) is 3.94. The molecule has 13 nitrogen and oxygen atoms in total. The van der Waals surface area contributed by atoms with Gasteiger partial charge in [-0.3, -0.25) is 13.9 Å². The molecule has 0 bridgehead atoms. The number of aromatic hydroxyl groups is 1. The summed E-state index contributed by atoms with van der Waals surface area (Å²) in [7, 11) is 3.12. The van der Waals surface area contributed by atoms with Crippen molar-refractivity contribution in [3.63, 3.8) is 0 Å². The van der Waals surface area contributed by atoms with Crippen molar-refractivity contribution >= 4 is 28.1 Å². The first-order chi connectivity index (χ1) is 18.0. The van der Waals surface area contributed by atoms with Gasteiger partial charge in [0.1, 0.15) is 5.58 Å². The molecule has 0 atom stereocenters. The van der Waals surface area contributed by atoms with Crippen molar-refractivity contribution in [1.82, 2.24) is 23.6 Å². The minimum Gasteiger partial charge on any atom is -0.504 e. The second kappa shape index (κ2) is 11.8. The molecule has 4 aromatic rings. The standard InChI is InChI=1S/C13H21N5O2.C12H10O6/c1-5-17(6-2)7-8-18-9-14-11-10(18)12(19)16(4)13(20)15(11)3;1-6-2-12(16)18-9-4-8(13)10(3-7(6)9)17-5-11(14)15/h9H,5-8H2,1-4H3;2-4,13H,5H2,1H3,(H,14,15). The molecule has 0 aliphatic rings. The zero-order valence-electron chi connectivity index (χ0n) is 21.9. The van der Waals surface area contributed by atoms with Crippen LogP contribution >= 0.6 is 0 Å². The molecule has 0 unspecified atom stereocenters. The van der Waals surface area contributed by atoms with Gasteiger partial charge < -0.3 is 28.8 Å². The fourth-order valence-electron chi connectivity index (χ4n) is 3.94. The van der Waals surface area contributed by atoms with Gasteiger partial charge >= 0.3 is 17.3 Å². The Balaban J connectivity index is 0.000000212. The number of hydrogen-bond donors (Lipinski definition) is 2. The number of carbonyl (C=O) groups is 1. The Morgan fingerprint density at radius 2 is 1.79 bits per heavy atom. The van der Waals surface area contributed by atoms with Crippen LogP contribution in [0.1, 0.15) is 19.4 Å². The topological polar surface area (TPSA) is 162 Å². The van der Waals surface area contributed by atoms with Crippen molar-refractivity contribution in [2.45, 2.75) is 27.3 Å². The average Bonchev–Trinajstić information content (AvgIpc) is 3.30. The molecule has 0 amide bonds. The van der Waals surface area contributed by atoms with Crippen LogP contribution in [0.3, 0.4) is 0 Å². The minimum absolute atomic E-state index is 0.0295. The monoisotopic (exact) mass is 529 g/mol. The van der Waals surface area contributed by atoms with Crippen molar-refractivity contribution in [2.24, 2.45) is 14.1 Å². The van der Waals surface area contributed by atoms with E-state index in [4.69, 9.17) is 14.3 Å². The number of fused-ring (bicyclic) bond motifs is 2. The Hall–Kier alpha value is -4.39. The zero-order valence-corrected chi connectivity index (χ0v) is 21.9. The number of aliphatic carboxylic acids is 1. The van der Waals surface area contributed by atoms with Crippen molar-refractivity contribution in [1.29, 1.82) is 0 Å². The highest BCUT2D eigenvalue weighted by Crippen LogP contribution is 2.32. The molecule has 0 saturated heterocycles. The number of ether oxygens (including phenoxy) is 1. The maximum absolute atomic E-state index is 12.2. The maximum atomic E-state index is 12.2. The van der Waals surface area contributed by atoms with Crippen molar-refractivity contribution in [3.8, 4) is 11.5 Å². The summed E-state index contributed by atoms with van der Waals surface area (Å²) in [4.78, 5) is 52.1. The summed E-state index contributed by atoms with van der Waals surface area (Å²) in [6.07, 6.45) is 1.63. The Bertz CT molecular complexity index is 1640. The Labute approximate surface area is 216 Å². The van der Waals surface area contributed by atoms with E-state index in [0.717, 1.165) is 24.2 Å². The van der Waals surface area contributed by atoms with Crippen LogP contribution in [0.5, 0.6) is 11.5 Å². The molecule has 2 N–H and O–H groups in total. The van der Waals surface area contributed by atoms with E-state index in [1.165, 1.54) is 29.8 Å². The first-order valence-electron chi connectivity index (χ1n) is 11.9. The number of carboxylic acids is 1. The van der Waals surface area contributed by atoms with Gasteiger partial charge in [-0.2, -0.15) is 0 Å². The minimum atomic E-state index is -1.15. The molecule has 204 valence electrons. The maximum Gasteiger partial charge on any atom is 0.341 e. The van der Waals surface area contributed by atoms with Crippen LogP contribution in [0.2, 0.25) is 0 Å². The first-order valence-corrected chi connectivity index (χ1v) is 11.9. The molecule has 1 aromatic carbocycles. The van der Waals surface area contributed by atoms with E-state index >= 15 is 0 Å². The summed E-state index contributed by atoms with van der Waals surface area (Å²) in [5.74, 6) is -1.40. The van der Waals surface area contributed by atoms with Gasteiger partial charge in [0.25, 0.3) is 5.56 Å². The molecule has 0 radical (unpaired) electrons. The lowest BCUT2D eigenvalue weighted by atomic mass is 10.1. The number of nitrogens with zero attached hydrogens (tertiary/aromatic N) is 5. The van der Waals surface area contributed by atoms with Crippen molar-refractivity contribution in [2.75, 3.05) is 26.2 Å². The Kier molecular flexibility index (Phi) is 8.73. The highest BCUT2D eigenvalue weighted by Gasteiger charge is 2.14. The largest absolute Gasteiger partial charge is 0.504 e. The molecule has 0 aliphatic heterocycles. The number of aryl methyl sites for hydroxylation is 2. The number of hydrogen-bond acceptors (Lipinski definition) is 9. The molecule has 0 saturated carbocycles. The molecule has 0 aliphatic carbocycles. The lowest BCUT2D eigenvalue weighted by Gasteiger charge is -2.18. The van der Waals surface area contributed by atoms with E-state index in [1.807, 2.05) is 4.57 Å². The van der Waals surface area contributed by atoms with Crippen molar-refractivity contribution in [3.05, 3.63) is 61.3 Å². The predicted octanol–water partition coefficient (Wildman–Crippen LogP) is 1.05. The van der Waals surface area contributed by atoms with Crippen LogP contribution < -0.4 is 21.6 Å². The molecule has 13 heteroatoms. The summed E-state index contributed by atoms with van der Waals surface area (Å²) in [5.41, 5.74) is 0.649. The Morgan fingerprint density at radius 3 is 2.42 bits per heavy atom. The molecular weight excluding hydrogens is 498 g/mol. The average molecular weight is 530 g/mol. The quantitative estimate of drug-likeness (QED) is 0.316. The number of phenolic OH excluding ortho intramolecular Hbond substituents is 1. The van der Waals surface area contributed by atoms with Crippen LogP contribution in [0.15, 0.2) is 43.3 Å².